The number of rotatable bonds is 4. The Morgan fingerprint density at radius 2 is 2.23 bits per heavy atom. The molecule has 0 radical (unpaired) electrons. The molecular weight excluding hydrogens is 278 g/mol. The van der Waals surface area contributed by atoms with Crippen molar-refractivity contribution in [2.75, 3.05) is 26.2 Å². The molecule has 1 unspecified atom stereocenters. The van der Waals surface area contributed by atoms with Gasteiger partial charge in [-0.3, -0.25) is 14.8 Å². The minimum absolute atomic E-state index is 0.0570. The number of nitrogens with zero attached hydrogens (tertiary/aromatic N) is 2. The van der Waals surface area contributed by atoms with Gasteiger partial charge in [-0.15, -0.1) is 0 Å². The summed E-state index contributed by atoms with van der Waals surface area (Å²) in [6, 6.07) is 0.379. The lowest BCUT2D eigenvalue weighted by molar-refractivity contribution is 0.0915. The van der Waals surface area contributed by atoms with Crippen LogP contribution >= 0.6 is 0 Å². The van der Waals surface area contributed by atoms with Gasteiger partial charge in [0.25, 0.3) is 5.91 Å². The van der Waals surface area contributed by atoms with E-state index in [-0.39, 0.29) is 5.91 Å². The van der Waals surface area contributed by atoms with E-state index in [9.17, 15) is 4.79 Å². The van der Waals surface area contributed by atoms with E-state index in [0.717, 1.165) is 49.8 Å². The number of aromatic nitrogens is 2. The summed E-state index contributed by atoms with van der Waals surface area (Å²) in [4.78, 5) is 14.9. The van der Waals surface area contributed by atoms with Crippen LogP contribution in [0.2, 0.25) is 0 Å². The monoisotopic (exact) mass is 305 g/mol. The first-order valence-electron chi connectivity index (χ1n) is 8.44. The molecule has 0 bridgehead atoms. The predicted octanol–water partition coefficient (Wildman–Crippen LogP) is 0.906. The van der Waals surface area contributed by atoms with E-state index in [0.29, 0.717) is 18.3 Å². The van der Waals surface area contributed by atoms with Crippen LogP contribution in [0.1, 0.15) is 48.4 Å². The fourth-order valence-electron chi connectivity index (χ4n) is 3.34. The zero-order valence-electron chi connectivity index (χ0n) is 13.6. The minimum atomic E-state index is -0.0570. The zero-order chi connectivity index (χ0) is 15.5. The Morgan fingerprint density at radius 1 is 1.45 bits per heavy atom. The van der Waals surface area contributed by atoms with Gasteiger partial charge in [-0.25, -0.2) is 0 Å². The smallest absolute Gasteiger partial charge is 0.272 e. The third-order valence-electron chi connectivity index (χ3n) is 5.02. The maximum absolute atomic E-state index is 12.4. The third-order valence-corrected chi connectivity index (χ3v) is 5.02. The van der Waals surface area contributed by atoms with Crippen LogP contribution in [-0.2, 0) is 13.0 Å². The van der Waals surface area contributed by atoms with E-state index in [1.807, 2.05) is 0 Å². The van der Waals surface area contributed by atoms with Gasteiger partial charge in [-0.2, -0.15) is 5.10 Å². The van der Waals surface area contributed by atoms with Crippen molar-refractivity contribution in [3.8, 4) is 0 Å². The van der Waals surface area contributed by atoms with E-state index in [1.165, 1.54) is 12.8 Å². The SMILES string of the molecule is CC1CCN(C(C)CNC(=O)c2n[nH]c3c2CNCC3)CC1. The Balaban J connectivity index is 1.53. The van der Waals surface area contributed by atoms with Crippen molar-refractivity contribution in [1.82, 2.24) is 25.7 Å². The second kappa shape index (κ2) is 6.79. The van der Waals surface area contributed by atoms with Gasteiger partial charge in [0.15, 0.2) is 5.69 Å². The number of carbonyl (C=O) groups excluding carboxylic acids is 1. The molecule has 1 amide bonds. The first-order chi connectivity index (χ1) is 10.6. The average molecular weight is 305 g/mol. The molecule has 3 rings (SSSR count). The quantitative estimate of drug-likeness (QED) is 0.773. The number of fused-ring (bicyclic) bond motifs is 1. The van der Waals surface area contributed by atoms with Crippen LogP contribution < -0.4 is 10.6 Å². The van der Waals surface area contributed by atoms with E-state index < -0.39 is 0 Å². The Hall–Kier alpha value is -1.40. The van der Waals surface area contributed by atoms with Crippen molar-refractivity contribution >= 4 is 5.91 Å². The lowest BCUT2D eigenvalue weighted by atomic mass is 9.98. The topological polar surface area (TPSA) is 73.0 Å². The third kappa shape index (κ3) is 3.33. The second-order valence-corrected chi connectivity index (χ2v) is 6.73. The summed E-state index contributed by atoms with van der Waals surface area (Å²) in [5, 5.41) is 13.6. The Morgan fingerprint density at radius 3 is 3.00 bits per heavy atom. The minimum Gasteiger partial charge on any atom is -0.349 e. The van der Waals surface area contributed by atoms with Gasteiger partial charge >= 0.3 is 0 Å². The summed E-state index contributed by atoms with van der Waals surface area (Å²) in [7, 11) is 0. The van der Waals surface area contributed by atoms with Crippen molar-refractivity contribution in [3.63, 3.8) is 0 Å². The molecule has 0 aromatic carbocycles. The van der Waals surface area contributed by atoms with Crippen LogP contribution in [-0.4, -0.2) is 53.2 Å². The summed E-state index contributed by atoms with van der Waals surface area (Å²) in [5.41, 5.74) is 2.69. The largest absolute Gasteiger partial charge is 0.349 e. The number of hydrogen-bond acceptors (Lipinski definition) is 4. The number of nitrogens with one attached hydrogen (secondary N) is 3. The Kier molecular flexibility index (Phi) is 4.78. The first-order valence-corrected chi connectivity index (χ1v) is 8.44. The lowest BCUT2D eigenvalue weighted by Crippen LogP contribution is -2.45. The standard InChI is InChI=1S/C16H27N5O/c1-11-4-7-21(8-5-11)12(2)9-18-16(22)15-13-10-17-6-3-14(13)19-20-15/h11-12,17H,3-10H2,1-2H3,(H,18,22)(H,19,20). The molecule has 1 fully saturated rings. The molecule has 3 N–H and O–H groups in total. The van der Waals surface area contributed by atoms with Gasteiger partial charge in [0.1, 0.15) is 0 Å². The lowest BCUT2D eigenvalue weighted by Gasteiger charge is -2.34. The van der Waals surface area contributed by atoms with Gasteiger partial charge in [0, 0.05) is 43.4 Å². The molecule has 122 valence electrons. The number of carbonyl (C=O) groups is 1. The Labute approximate surface area is 132 Å². The normalized spacial score (nSPS) is 21.4. The highest BCUT2D eigenvalue weighted by atomic mass is 16.1. The molecule has 1 aromatic heterocycles. The van der Waals surface area contributed by atoms with E-state index >= 15 is 0 Å². The fourth-order valence-corrected chi connectivity index (χ4v) is 3.34. The summed E-state index contributed by atoms with van der Waals surface area (Å²) < 4.78 is 0. The molecule has 1 aromatic rings. The van der Waals surface area contributed by atoms with Crippen LogP contribution in [0.3, 0.4) is 0 Å². The molecule has 6 heteroatoms. The summed E-state index contributed by atoms with van der Waals surface area (Å²) >= 11 is 0. The first kappa shape index (κ1) is 15.5. The number of likely N-dealkylation sites (tertiary alicyclic amines) is 1. The molecule has 3 heterocycles. The van der Waals surface area contributed by atoms with Crippen LogP contribution in [0.5, 0.6) is 0 Å². The molecule has 2 aliphatic rings. The number of piperidine rings is 1. The summed E-state index contributed by atoms with van der Waals surface area (Å²) in [6.07, 6.45) is 3.44. The van der Waals surface area contributed by atoms with Gasteiger partial charge in [0.05, 0.1) is 0 Å². The van der Waals surface area contributed by atoms with E-state index in [4.69, 9.17) is 0 Å². The van der Waals surface area contributed by atoms with Crippen molar-refractivity contribution in [3.05, 3.63) is 17.0 Å². The van der Waals surface area contributed by atoms with Crippen LogP contribution in [0, 0.1) is 5.92 Å². The van der Waals surface area contributed by atoms with Gasteiger partial charge in [-0.1, -0.05) is 6.92 Å². The van der Waals surface area contributed by atoms with Gasteiger partial charge < -0.3 is 10.6 Å². The number of hydrogen-bond donors (Lipinski definition) is 3. The van der Waals surface area contributed by atoms with E-state index in [1.54, 1.807) is 0 Å². The number of amides is 1. The van der Waals surface area contributed by atoms with Crippen molar-refractivity contribution in [2.45, 2.75) is 45.7 Å². The molecule has 2 aliphatic heterocycles. The predicted molar refractivity (Wildman–Crippen MR) is 85.8 cm³/mol. The van der Waals surface area contributed by atoms with Crippen LogP contribution in [0.15, 0.2) is 0 Å². The van der Waals surface area contributed by atoms with Crippen molar-refractivity contribution in [2.24, 2.45) is 5.92 Å². The summed E-state index contributed by atoms with van der Waals surface area (Å²) in [5.74, 6) is 0.777. The number of aromatic amines is 1. The average Bonchev–Trinajstić information content (AvgIpc) is 2.97. The maximum Gasteiger partial charge on any atom is 0.272 e. The van der Waals surface area contributed by atoms with Crippen LogP contribution in [0.25, 0.3) is 0 Å². The maximum atomic E-state index is 12.4. The molecule has 1 saturated heterocycles. The molecule has 6 nitrogen and oxygen atoms in total. The summed E-state index contributed by atoms with van der Waals surface area (Å²) in [6.45, 7) is 9.15. The highest BCUT2D eigenvalue weighted by Crippen LogP contribution is 2.18. The molecule has 1 atom stereocenters. The fraction of sp³-hybridized carbons (Fsp3) is 0.750. The highest BCUT2D eigenvalue weighted by molar-refractivity contribution is 5.94. The van der Waals surface area contributed by atoms with Crippen LogP contribution in [0.4, 0.5) is 0 Å². The molecule has 0 saturated carbocycles. The molecule has 22 heavy (non-hydrogen) atoms. The molecular formula is C16H27N5O. The van der Waals surface area contributed by atoms with Crippen molar-refractivity contribution < 1.29 is 4.79 Å². The number of H-pyrrole nitrogens is 1. The zero-order valence-corrected chi connectivity index (χ0v) is 13.6. The molecule has 0 aliphatic carbocycles. The van der Waals surface area contributed by atoms with Gasteiger partial charge in [0.2, 0.25) is 0 Å². The van der Waals surface area contributed by atoms with E-state index in [2.05, 4.69) is 39.6 Å². The highest BCUT2D eigenvalue weighted by Gasteiger charge is 2.23. The molecule has 0 spiro atoms. The van der Waals surface area contributed by atoms with Crippen molar-refractivity contribution in [1.29, 1.82) is 0 Å². The van der Waals surface area contributed by atoms with Gasteiger partial charge in [-0.05, 0) is 38.8 Å². The Bertz CT molecular complexity index is 519. The second-order valence-electron chi connectivity index (χ2n) is 6.73.